The Hall–Kier alpha value is -3.15. The molecule has 1 aromatic carbocycles. The van der Waals surface area contributed by atoms with E-state index in [-0.39, 0.29) is 6.54 Å². The standard InChI is InChI=1S/C17H16F4N6OS/c1-28-13-3-2-9(6-23-25-17-24-14(22)8-29-17)4-10(13)7-27-12(16(20)21)5-11(26-27)15(18)19/h2-6,8,15-16H,7,22H2,1H3,(H,24,25). The lowest BCUT2D eigenvalue weighted by Gasteiger charge is -2.12. The quantitative estimate of drug-likeness (QED) is 0.317. The molecule has 0 amide bonds. The highest BCUT2D eigenvalue weighted by Gasteiger charge is 2.22. The van der Waals surface area contributed by atoms with Crippen molar-refractivity contribution in [1.82, 2.24) is 14.8 Å². The number of nitrogen functional groups attached to an aromatic ring is 1. The number of benzene rings is 1. The molecular weight excluding hydrogens is 412 g/mol. The number of nitrogens with zero attached hydrogens (tertiary/aromatic N) is 4. The molecule has 2 aromatic heterocycles. The van der Waals surface area contributed by atoms with Crippen LogP contribution < -0.4 is 15.9 Å². The summed E-state index contributed by atoms with van der Waals surface area (Å²) in [5, 5.41) is 9.80. The second-order valence-electron chi connectivity index (χ2n) is 5.77. The maximum absolute atomic E-state index is 13.2. The van der Waals surface area contributed by atoms with Crippen LogP contribution in [0.15, 0.2) is 34.7 Å². The van der Waals surface area contributed by atoms with Gasteiger partial charge in [0.05, 0.1) is 19.9 Å². The Balaban J connectivity index is 1.84. The van der Waals surface area contributed by atoms with Crippen molar-refractivity contribution in [2.24, 2.45) is 5.10 Å². The van der Waals surface area contributed by atoms with E-state index in [1.165, 1.54) is 24.7 Å². The molecule has 29 heavy (non-hydrogen) atoms. The zero-order valence-electron chi connectivity index (χ0n) is 15.0. The largest absolute Gasteiger partial charge is 0.496 e. The summed E-state index contributed by atoms with van der Waals surface area (Å²) in [6.07, 6.45) is -4.40. The van der Waals surface area contributed by atoms with Gasteiger partial charge in [0.15, 0.2) is 0 Å². The lowest BCUT2D eigenvalue weighted by molar-refractivity contribution is 0.139. The van der Waals surface area contributed by atoms with Crippen molar-refractivity contribution in [2.45, 2.75) is 19.4 Å². The van der Waals surface area contributed by atoms with Gasteiger partial charge < -0.3 is 10.5 Å². The molecule has 12 heteroatoms. The molecule has 3 aromatic rings. The first kappa shape index (κ1) is 20.6. The highest BCUT2D eigenvalue weighted by Crippen LogP contribution is 2.27. The summed E-state index contributed by atoms with van der Waals surface area (Å²) in [6, 6.07) is 5.67. The average Bonchev–Trinajstić information content (AvgIpc) is 3.28. The normalized spacial score (nSPS) is 11.7. The van der Waals surface area contributed by atoms with Crippen LogP contribution in [0.1, 0.15) is 35.4 Å². The zero-order valence-corrected chi connectivity index (χ0v) is 15.8. The second kappa shape index (κ2) is 8.90. The highest BCUT2D eigenvalue weighted by atomic mass is 32.1. The third kappa shape index (κ3) is 5.02. The Bertz CT molecular complexity index is 1000. The van der Waals surface area contributed by atoms with Crippen LogP contribution in [0.3, 0.4) is 0 Å². The maximum Gasteiger partial charge on any atom is 0.282 e. The predicted octanol–water partition coefficient (Wildman–Crippen LogP) is 4.30. The van der Waals surface area contributed by atoms with Crippen LogP contribution in [0.5, 0.6) is 5.75 Å². The lowest BCUT2D eigenvalue weighted by atomic mass is 10.1. The monoisotopic (exact) mass is 428 g/mol. The molecule has 0 bridgehead atoms. The first-order valence-corrected chi connectivity index (χ1v) is 9.06. The predicted molar refractivity (Wildman–Crippen MR) is 102 cm³/mol. The minimum absolute atomic E-state index is 0.173. The van der Waals surface area contributed by atoms with E-state index >= 15 is 0 Å². The van der Waals surface area contributed by atoms with Crippen molar-refractivity contribution in [3.05, 3.63) is 52.2 Å². The van der Waals surface area contributed by atoms with Crippen LogP contribution in [-0.2, 0) is 6.54 Å². The summed E-state index contributed by atoms with van der Waals surface area (Å²) < 4.78 is 58.3. The van der Waals surface area contributed by atoms with E-state index in [0.717, 1.165) is 4.68 Å². The molecular formula is C17H16F4N6OS. The van der Waals surface area contributed by atoms with Gasteiger partial charge in [-0.25, -0.2) is 22.5 Å². The van der Waals surface area contributed by atoms with Gasteiger partial charge in [-0.05, 0) is 29.8 Å². The number of methoxy groups -OCH3 is 1. The molecule has 0 aliphatic rings. The van der Waals surface area contributed by atoms with Gasteiger partial charge in [-0.2, -0.15) is 10.2 Å². The van der Waals surface area contributed by atoms with Crippen molar-refractivity contribution in [2.75, 3.05) is 18.3 Å². The molecule has 3 rings (SSSR count). The van der Waals surface area contributed by atoms with E-state index in [2.05, 4.69) is 20.6 Å². The topological polar surface area (TPSA) is 90.4 Å². The van der Waals surface area contributed by atoms with Gasteiger partial charge in [-0.15, -0.1) is 11.3 Å². The lowest BCUT2D eigenvalue weighted by Crippen LogP contribution is -2.08. The van der Waals surface area contributed by atoms with Crippen LogP contribution in [0.2, 0.25) is 0 Å². The van der Waals surface area contributed by atoms with Gasteiger partial charge in [0, 0.05) is 10.9 Å². The maximum atomic E-state index is 13.2. The molecule has 0 atom stereocenters. The molecule has 0 aliphatic heterocycles. The Morgan fingerprint density at radius 2 is 2.07 bits per heavy atom. The summed E-state index contributed by atoms with van der Waals surface area (Å²) in [7, 11) is 1.42. The summed E-state index contributed by atoms with van der Waals surface area (Å²) in [6.45, 7) is -0.173. The van der Waals surface area contributed by atoms with Gasteiger partial charge in [-0.1, -0.05) is 0 Å². The number of alkyl halides is 4. The Kier molecular flexibility index (Phi) is 6.32. The van der Waals surface area contributed by atoms with Crippen LogP contribution in [0.4, 0.5) is 28.5 Å². The second-order valence-corrected chi connectivity index (χ2v) is 6.63. The summed E-state index contributed by atoms with van der Waals surface area (Å²) in [5.74, 6) is 0.772. The molecule has 3 N–H and O–H groups in total. The van der Waals surface area contributed by atoms with Gasteiger partial charge in [0.2, 0.25) is 5.13 Å². The van der Waals surface area contributed by atoms with Gasteiger partial charge in [0.1, 0.15) is 23.0 Å². The number of rotatable bonds is 8. The zero-order chi connectivity index (χ0) is 21.0. The fourth-order valence-corrected chi connectivity index (χ4v) is 3.07. The fourth-order valence-electron chi connectivity index (χ4n) is 2.52. The Labute approximate surface area is 166 Å². The van der Waals surface area contributed by atoms with Crippen molar-refractivity contribution in [1.29, 1.82) is 0 Å². The SMILES string of the molecule is COc1ccc(C=NNc2nc(N)cs2)cc1Cn1nc(C(F)F)cc1C(F)F. The van der Waals surface area contributed by atoms with E-state index < -0.39 is 24.2 Å². The van der Waals surface area contributed by atoms with Crippen LogP contribution in [-0.4, -0.2) is 28.1 Å². The Morgan fingerprint density at radius 1 is 1.28 bits per heavy atom. The van der Waals surface area contributed by atoms with Gasteiger partial charge in [-0.3, -0.25) is 10.1 Å². The molecule has 0 aliphatic carbocycles. The molecule has 0 saturated carbocycles. The molecule has 0 unspecified atom stereocenters. The smallest absolute Gasteiger partial charge is 0.282 e. The number of hydrogen-bond donors (Lipinski definition) is 2. The molecule has 7 nitrogen and oxygen atoms in total. The first-order chi connectivity index (χ1) is 13.9. The molecule has 0 saturated heterocycles. The van der Waals surface area contributed by atoms with E-state index in [0.29, 0.717) is 33.9 Å². The van der Waals surface area contributed by atoms with E-state index in [4.69, 9.17) is 10.5 Å². The first-order valence-electron chi connectivity index (χ1n) is 8.18. The van der Waals surface area contributed by atoms with E-state index in [1.54, 1.807) is 23.6 Å². The summed E-state index contributed by atoms with van der Waals surface area (Å²) in [5.41, 5.74) is 8.04. The number of hydrogen-bond acceptors (Lipinski definition) is 7. The molecule has 154 valence electrons. The number of anilines is 2. The number of hydrazone groups is 1. The minimum Gasteiger partial charge on any atom is -0.496 e. The van der Waals surface area contributed by atoms with Crippen LogP contribution >= 0.6 is 11.3 Å². The molecule has 0 radical (unpaired) electrons. The molecule has 2 heterocycles. The average molecular weight is 428 g/mol. The fraction of sp³-hybridized carbons (Fsp3) is 0.235. The molecule has 0 fully saturated rings. The minimum atomic E-state index is -2.94. The number of halogens is 4. The van der Waals surface area contributed by atoms with E-state index in [1.807, 2.05) is 0 Å². The Morgan fingerprint density at radius 3 is 2.69 bits per heavy atom. The molecule has 0 spiro atoms. The van der Waals surface area contributed by atoms with Crippen molar-refractivity contribution < 1.29 is 22.3 Å². The number of aromatic nitrogens is 3. The van der Waals surface area contributed by atoms with Gasteiger partial charge in [0.25, 0.3) is 12.9 Å². The van der Waals surface area contributed by atoms with Crippen LogP contribution in [0.25, 0.3) is 0 Å². The number of nitrogens with two attached hydrogens (primary N) is 1. The van der Waals surface area contributed by atoms with E-state index in [9.17, 15) is 17.6 Å². The van der Waals surface area contributed by atoms with Crippen molar-refractivity contribution in [3.8, 4) is 5.75 Å². The summed E-state index contributed by atoms with van der Waals surface area (Å²) >= 11 is 1.28. The number of nitrogens with one attached hydrogen (secondary N) is 1. The van der Waals surface area contributed by atoms with Crippen molar-refractivity contribution in [3.63, 3.8) is 0 Å². The summed E-state index contributed by atoms with van der Waals surface area (Å²) in [4.78, 5) is 3.99. The van der Waals surface area contributed by atoms with Crippen LogP contribution in [0, 0.1) is 0 Å². The number of thiazole rings is 1. The van der Waals surface area contributed by atoms with Gasteiger partial charge >= 0.3 is 0 Å². The van der Waals surface area contributed by atoms with Crippen molar-refractivity contribution >= 4 is 28.5 Å². The third-order valence-electron chi connectivity index (χ3n) is 3.80. The third-order valence-corrected chi connectivity index (χ3v) is 4.56. The number of ether oxygens (including phenoxy) is 1. The highest BCUT2D eigenvalue weighted by molar-refractivity contribution is 7.14.